The molecular formula is C29H31F2N5O3. The molecule has 1 N–H and O–H groups in total. The fraction of sp³-hybridized carbons (Fsp3) is 0.345. The minimum absolute atomic E-state index is 0.253. The van der Waals surface area contributed by atoms with Gasteiger partial charge in [-0.1, -0.05) is 17.7 Å². The van der Waals surface area contributed by atoms with Crippen LogP contribution in [0.5, 0.6) is 5.75 Å². The zero-order valence-corrected chi connectivity index (χ0v) is 21.8. The van der Waals surface area contributed by atoms with Crippen molar-refractivity contribution < 1.29 is 23.4 Å². The van der Waals surface area contributed by atoms with Crippen LogP contribution in [-0.2, 0) is 10.7 Å². The van der Waals surface area contributed by atoms with Crippen molar-refractivity contribution in [2.24, 2.45) is 0 Å². The van der Waals surface area contributed by atoms with E-state index in [-0.39, 0.29) is 5.82 Å². The van der Waals surface area contributed by atoms with E-state index in [2.05, 4.69) is 27.7 Å². The molecule has 4 aromatic rings. The Morgan fingerprint density at radius 1 is 1.21 bits per heavy atom. The molecule has 3 aromatic heterocycles. The van der Waals surface area contributed by atoms with E-state index in [4.69, 9.17) is 9.47 Å². The number of aliphatic hydroxyl groups excluding tert-OH is 1. The maximum Gasteiger partial charge on any atom is 0.294 e. The molecule has 10 heteroatoms. The van der Waals surface area contributed by atoms with E-state index in [0.717, 1.165) is 55.3 Å². The fourth-order valence-electron chi connectivity index (χ4n) is 4.56. The van der Waals surface area contributed by atoms with Crippen molar-refractivity contribution in [2.75, 3.05) is 19.8 Å². The van der Waals surface area contributed by atoms with Crippen molar-refractivity contribution in [1.82, 2.24) is 24.3 Å². The number of aromatic nitrogens is 5. The Balaban J connectivity index is 1.38. The van der Waals surface area contributed by atoms with Crippen LogP contribution in [0.3, 0.4) is 0 Å². The highest BCUT2D eigenvalue weighted by Crippen LogP contribution is 2.32. The lowest BCUT2D eigenvalue weighted by atomic mass is 10.1. The van der Waals surface area contributed by atoms with Crippen LogP contribution in [0.15, 0.2) is 73.2 Å². The fourth-order valence-corrected chi connectivity index (χ4v) is 4.56. The van der Waals surface area contributed by atoms with Gasteiger partial charge in [0.15, 0.2) is 5.82 Å². The van der Waals surface area contributed by atoms with Crippen LogP contribution in [0.4, 0.5) is 8.78 Å². The Kier molecular flexibility index (Phi) is 7.85. The Morgan fingerprint density at radius 3 is 2.79 bits per heavy atom. The predicted molar refractivity (Wildman–Crippen MR) is 144 cm³/mol. The first-order valence-electron chi connectivity index (χ1n) is 13.0. The van der Waals surface area contributed by atoms with E-state index >= 15 is 0 Å². The van der Waals surface area contributed by atoms with Gasteiger partial charge < -0.3 is 14.6 Å². The summed E-state index contributed by atoms with van der Waals surface area (Å²) >= 11 is 0. The summed E-state index contributed by atoms with van der Waals surface area (Å²) in [7, 11) is 0. The minimum Gasteiger partial charge on any atom is -0.493 e. The Bertz CT molecular complexity index is 1480. The van der Waals surface area contributed by atoms with Crippen LogP contribution >= 0.6 is 0 Å². The van der Waals surface area contributed by atoms with E-state index in [1.54, 1.807) is 30.0 Å². The van der Waals surface area contributed by atoms with Crippen molar-refractivity contribution in [3.63, 3.8) is 0 Å². The van der Waals surface area contributed by atoms with Crippen molar-refractivity contribution in [3.8, 4) is 17.4 Å². The van der Waals surface area contributed by atoms with Gasteiger partial charge in [0, 0.05) is 24.2 Å². The molecule has 1 atom stereocenters. The average molecular weight is 536 g/mol. The van der Waals surface area contributed by atoms with E-state index in [9.17, 15) is 13.9 Å². The first kappa shape index (κ1) is 26.7. The summed E-state index contributed by atoms with van der Waals surface area (Å²) in [5.74, 6) is -1.68. The highest BCUT2D eigenvalue weighted by Gasteiger charge is 2.33. The highest BCUT2D eigenvalue weighted by molar-refractivity contribution is 5.78. The summed E-state index contributed by atoms with van der Waals surface area (Å²) in [5, 5.41) is 14.4. The number of allylic oxidation sites excluding steroid dienone is 1. The number of nitrogens with zero attached hydrogens (tertiary/aromatic N) is 5. The van der Waals surface area contributed by atoms with Gasteiger partial charge in [0.2, 0.25) is 0 Å². The monoisotopic (exact) mass is 535 g/mol. The molecule has 0 radical (unpaired) electrons. The van der Waals surface area contributed by atoms with Crippen molar-refractivity contribution in [3.05, 3.63) is 84.5 Å². The van der Waals surface area contributed by atoms with Gasteiger partial charge in [-0.15, -0.1) is 6.58 Å². The van der Waals surface area contributed by atoms with E-state index in [1.807, 2.05) is 18.2 Å². The summed E-state index contributed by atoms with van der Waals surface area (Å²) in [6, 6.07) is 10.4. The number of benzene rings is 1. The van der Waals surface area contributed by atoms with Crippen LogP contribution < -0.4 is 4.74 Å². The molecule has 1 aliphatic rings. The minimum atomic E-state index is -3.16. The molecule has 0 aliphatic carbocycles. The lowest BCUT2D eigenvalue weighted by Crippen LogP contribution is -2.14. The van der Waals surface area contributed by atoms with Gasteiger partial charge in [0.25, 0.3) is 5.92 Å². The van der Waals surface area contributed by atoms with Crippen molar-refractivity contribution in [1.29, 1.82) is 0 Å². The predicted octanol–water partition coefficient (Wildman–Crippen LogP) is 5.83. The normalized spacial score (nSPS) is 14.9. The SMILES string of the molecule is C=CCC(F)(F)c1ccn(-c2nc(-n3cnc4cc(OCCC=C5CCOCC5)ccc43)ccc2C(C)O)n1. The quantitative estimate of drug-likeness (QED) is 0.203. The molecule has 0 spiro atoms. The summed E-state index contributed by atoms with van der Waals surface area (Å²) in [6.07, 6.45) is 7.84. The lowest BCUT2D eigenvalue weighted by molar-refractivity contribution is -0.00575. The van der Waals surface area contributed by atoms with Crippen LogP contribution in [0.2, 0.25) is 0 Å². The Morgan fingerprint density at radius 2 is 2.03 bits per heavy atom. The number of alkyl halides is 2. The molecule has 0 saturated carbocycles. The molecule has 8 nitrogen and oxygen atoms in total. The number of hydrogen-bond acceptors (Lipinski definition) is 6. The third-order valence-corrected chi connectivity index (χ3v) is 6.64. The maximum absolute atomic E-state index is 14.4. The van der Waals surface area contributed by atoms with E-state index in [0.29, 0.717) is 18.0 Å². The standard InChI is InChI=1S/C29H31F2N5O3/c1-3-13-29(30,31)26-10-14-36(34-26)28-23(20(2)37)7-9-27(33-28)35-19-32-24-18-22(6-8-25(24)35)39-15-4-5-21-11-16-38-17-12-21/h3,5-10,14,18-20,37H,1,4,11-13,15-17H2,2H3. The molecule has 204 valence electrons. The molecular weight excluding hydrogens is 504 g/mol. The first-order chi connectivity index (χ1) is 18.9. The summed E-state index contributed by atoms with van der Waals surface area (Å²) in [6.45, 7) is 7.14. The molecule has 1 saturated heterocycles. The average Bonchev–Trinajstić information content (AvgIpc) is 3.59. The van der Waals surface area contributed by atoms with Gasteiger partial charge in [-0.2, -0.15) is 13.9 Å². The third kappa shape index (κ3) is 5.91. The van der Waals surface area contributed by atoms with Gasteiger partial charge >= 0.3 is 0 Å². The van der Waals surface area contributed by atoms with Crippen molar-refractivity contribution >= 4 is 11.0 Å². The van der Waals surface area contributed by atoms with Crippen molar-refractivity contribution in [2.45, 2.75) is 44.6 Å². The third-order valence-electron chi connectivity index (χ3n) is 6.64. The van der Waals surface area contributed by atoms with E-state index in [1.165, 1.54) is 22.5 Å². The largest absolute Gasteiger partial charge is 0.493 e. The summed E-state index contributed by atoms with van der Waals surface area (Å²) < 4.78 is 43.2. The Hall–Kier alpha value is -3.89. The first-order valence-corrected chi connectivity index (χ1v) is 13.0. The van der Waals surface area contributed by atoms with Gasteiger partial charge in [-0.25, -0.2) is 14.6 Å². The zero-order valence-electron chi connectivity index (χ0n) is 21.8. The Labute approximate surface area is 225 Å². The van der Waals surface area contributed by atoms with Gasteiger partial charge in [0.1, 0.15) is 23.6 Å². The van der Waals surface area contributed by atoms with Gasteiger partial charge in [0.05, 0.1) is 37.0 Å². The molecule has 1 aliphatic heterocycles. The number of aliphatic hydroxyl groups is 1. The number of halogens is 2. The van der Waals surface area contributed by atoms with E-state index < -0.39 is 24.1 Å². The second kappa shape index (κ2) is 11.5. The number of imidazole rings is 1. The molecule has 0 bridgehead atoms. The molecule has 1 fully saturated rings. The maximum atomic E-state index is 14.4. The molecule has 39 heavy (non-hydrogen) atoms. The number of ether oxygens (including phenoxy) is 2. The molecule has 0 amide bonds. The smallest absolute Gasteiger partial charge is 0.294 e. The number of rotatable bonds is 10. The van der Waals surface area contributed by atoms with Crippen LogP contribution in [0, 0.1) is 0 Å². The second-order valence-electron chi connectivity index (χ2n) is 9.48. The zero-order chi connectivity index (χ0) is 27.4. The molecule has 4 heterocycles. The summed E-state index contributed by atoms with van der Waals surface area (Å²) in [5.41, 5.74) is 3.01. The number of hydrogen-bond donors (Lipinski definition) is 1. The van der Waals surface area contributed by atoms with Crippen LogP contribution in [-0.4, -0.2) is 49.2 Å². The highest BCUT2D eigenvalue weighted by atomic mass is 19.3. The van der Waals surface area contributed by atoms with Gasteiger partial charge in [-0.05, 0) is 56.5 Å². The summed E-state index contributed by atoms with van der Waals surface area (Å²) in [4.78, 5) is 9.19. The number of pyridine rings is 1. The molecule has 5 rings (SSSR count). The second-order valence-corrected chi connectivity index (χ2v) is 9.48. The lowest BCUT2D eigenvalue weighted by Gasteiger charge is -2.15. The molecule has 1 unspecified atom stereocenters. The van der Waals surface area contributed by atoms with Gasteiger partial charge in [-0.3, -0.25) is 4.57 Å². The van der Waals surface area contributed by atoms with Crippen LogP contribution in [0.1, 0.15) is 50.0 Å². The molecule has 1 aromatic carbocycles. The topological polar surface area (TPSA) is 87.2 Å². The van der Waals surface area contributed by atoms with Crippen LogP contribution in [0.25, 0.3) is 22.7 Å². The number of fused-ring (bicyclic) bond motifs is 1.